The number of pyridine rings is 2. The molecule has 14 heavy (non-hydrogen) atoms. The van der Waals surface area contributed by atoms with Crippen LogP contribution < -0.4 is 5.73 Å². The van der Waals surface area contributed by atoms with Crippen molar-refractivity contribution in [3.63, 3.8) is 0 Å². The summed E-state index contributed by atoms with van der Waals surface area (Å²) in [5.41, 5.74) is 8.17. The maximum Gasteiger partial charge on any atom is 0.150 e. The number of aromatic nitrogens is 4. The Hall–Kier alpha value is -2.17. The van der Waals surface area contributed by atoms with Gasteiger partial charge in [-0.3, -0.25) is 4.98 Å². The van der Waals surface area contributed by atoms with Crippen LogP contribution in [0.2, 0.25) is 0 Å². The molecule has 68 valence electrons. The van der Waals surface area contributed by atoms with Crippen molar-refractivity contribution in [2.24, 2.45) is 0 Å². The molecule has 3 aromatic heterocycles. The molecule has 0 aliphatic heterocycles. The molecule has 3 aromatic rings. The molecule has 3 rings (SSSR count). The van der Waals surface area contributed by atoms with Crippen molar-refractivity contribution in [1.29, 1.82) is 0 Å². The number of H-pyrrole nitrogens is 1. The molecule has 0 spiro atoms. The van der Waals surface area contributed by atoms with Crippen molar-refractivity contribution in [2.75, 3.05) is 5.73 Å². The van der Waals surface area contributed by atoms with Gasteiger partial charge in [0.05, 0.1) is 11.8 Å². The van der Waals surface area contributed by atoms with Crippen LogP contribution in [0.15, 0.2) is 24.8 Å². The molecule has 5 nitrogen and oxygen atoms in total. The zero-order chi connectivity index (χ0) is 9.54. The van der Waals surface area contributed by atoms with Crippen LogP contribution in [0.4, 0.5) is 5.82 Å². The number of nitrogen functional groups attached to an aromatic ring is 1. The summed E-state index contributed by atoms with van der Waals surface area (Å²) in [4.78, 5) is 15.4. The van der Waals surface area contributed by atoms with Crippen molar-refractivity contribution in [1.82, 2.24) is 19.9 Å². The van der Waals surface area contributed by atoms with Crippen LogP contribution in [-0.2, 0) is 0 Å². The molecule has 0 radical (unpaired) electrons. The van der Waals surface area contributed by atoms with E-state index in [1.165, 1.54) is 0 Å². The number of hydrogen-bond acceptors (Lipinski definition) is 4. The lowest BCUT2D eigenvalue weighted by Gasteiger charge is -1.99. The summed E-state index contributed by atoms with van der Waals surface area (Å²) >= 11 is 0. The number of fused-ring (bicyclic) bond motifs is 3. The van der Waals surface area contributed by atoms with Crippen LogP contribution in [0.25, 0.3) is 21.9 Å². The van der Waals surface area contributed by atoms with E-state index < -0.39 is 0 Å². The number of anilines is 1. The Labute approximate surface area is 79.0 Å². The smallest absolute Gasteiger partial charge is 0.150 e. The molecule has 0 fully saturated rings. The molecule has 5 heteroatoms. The average Bonchev–Trinajstić information content (AvgIpc) is 2.67. The predicted octanol–water partition coefficient (Wildman–Crippen LogP) is 1.09. The number of nitrogens with zero attached hydrogens (tertiary/aromatic N) is 3. The van der Waals surface area contributed by atoms with Crippen molar-refractivity contribution < 1.29 is 0 Å². The highest BCUT2D eigenvalue weighted by molar-refractivity contribution is 6.05. The molecular weight excluding hydrogens is 178 g/mol. The second kappa shape index (κ2) is 2.41. The molecule has 0 aromatic carbocycles. The average molecular weight is 185 g/mol. The van der Waals surface area contributed by atoms with Gasteiger partial charge in [0.2, 0.25) is 0 Å². The molecule has 0 amide bonds. The minimum absolute atomic E-state index is 0.469. The molecule has 3 N–H and O–H groups in total. The standard InChI is InChI=1S/C9H7N5/c10-9-8-7(12-4-13-8)5-3-11-2-1-6(5)14-9/h1-4H,(H2,10,14)(H,12,13). The first kappa shape index (κ1) is 7.25. The van der Waals surface area contributed by atoms with E-state index in [0.717, 1.165) is 21.9 Å². The summed E-state index contributed by atoms with van der Waals surface area (Å²) in [7, 11) is 0. The summed E-state index contributed by atoms with van der Waals surface area (Å²) in [5, 5.41) is 0.915. The summed E-state index contributed by atoms with van der Waals surface area (Å²) < 4.78 is 0. The van der Waals surface area contributed by atoms with Crippen LogP contribution in [0.1, 0.15) is 0 Å². The molecule has 0 atom stereocenters. The molecule has 0 saturated heterocycles. The number of aromatic amines is 1. The molecule has 0 unspecified atom stereocenters. The van der Waals surface area contributed by atoms with Gasteiger partial charge >= 0.3 is 0 Å². The van der Waals surface area contributed by atoms with Crippen LogP contribution in [0.5, 0.6) is 0 Å². The maximum atomic E-state index is 5.76. The lowest BCUT2D eigenvalue weighted by atomic mass is 10.2. The zero-order valence-corrected chi connectivity index (χ0v) is 7.23. The van der Waals surface area contributed by atoms with E-state index in [9.17, 15) is 0 Å². The minimum atomic E-state index is 0.469. The molecule has 3 heterocycles. The minimum Gasteiger partial charge on any atom is -0.382 e. The zero-order valence-electron chi connectivity index (χ0n) is 7.23. The third kappa shape index (κ3) is 0.806. The Morgan fingerprint density at radius 3 is 3.21 bits per heavy atom. The second-order valence-electron chi connectivity index (χ2n) is 3.02. The molecule has 0 saturated carbocycles. The second-order valence-corrected chi connectivity index (χ2v) is 3.02. The van der Waals surface area contributed by atoms with Gasteiger partial charge in [0.1, 0.15) is 16.9 Å². The van der Waals surface area contributed by atoms with E-state index >= 15 is 0 Å². The van der Waals surface area contributed by atoms with E-state index in [1.807, 2.05) is 6.07 Å². The largest absolute Gasteiger partial charge is 0.382 e. The number of rotatable bonds is 0. The highest BCUT2D eigenvalue weighted by Gasteiger charge is 2.07. The number of nitrogens with two attached hydrogens (primary N) is 1. The number of imidazole rings is 1. The first-order chi connectivity index (χ1) is 6.86. The fourth-order valence-electron chi connectivity index (χ4n) is 1.55. The van der Waals surface area contributed by atoms with E-state index in [-0.39, 0.29) is 0 Å². The highest BCUT2D eigenvalue weighted by Crippen LogP contribution is 2.23. The first-order valence-corrected chi connectivity index (χ1v) is 4.18. The third-order valence-electron chi connectivity index (χ3n) is 2.19. The van der Waals surface area contributed by atoms with Crippen LogP contribution in [0.3, 0.4) is 0 Å². The van der Waals surface area contributed by atoms with Gasteiger partial charge in [0.25, 0.3) is 0 Å². The third-order valence-corrected chi connectivity index (χ3v) is 2.19. The monoisotopic (exact) mass is 185 g/mol. The van der Waals surface area contributed by atoms with Gasteiger partial charge < -0.3 is 10.7 Å². The van der Waals surface area contributed by atoms with Gasteiger partial charge in [-0.25, -0.2) is 9.97 Å². The van der Waals surface area contributed by atoms with Crippen molar-refractivity contribution >= 4 is 27.8 Å². The van der Waals surface area contributed by atoms with Crippen LogP contribution in [0, 0.1) is 0 Å². The van der Waals surface area contributed by atoms with Crippen LogP contribution >= 0.6 is 0 Å². The fraction of sp³-hybridized carbons (Fsp3) is 0. The number of nitrogens with one attached hydrogen (secondary N) is 1. The van der Waals surface area contributed by atoms with Gasteiger partial charge in [0, 0.05) is 17.8 Å². The Bertz CT molecular complexity index is 613. The lowest BCUT2D eigenvalue weighted by Crippen LogP contribution is -1.93. The predicted molar refractivity (Wildman–Crippen MR) is 53.6 cm³/mol. The van der Waals surface area contributed by atoms with Crippen molar-refractivity contribution in [3.05, 3.63) is 24.8 Å². The Balaban J connectivity index is 2.66. The van der Waals surface area contributed by atoms with E-state index in [1.54, 1.807) is 18.7 Å². The molecule has 0 aliphatic carbocycles. The van der Waals surface area contributed by atoms with Gasteiger partial charge in [-0.2, -0.15) is 0 Å². The number of hydrogen-bond donors (Lipinski definition) is 2. The summed E-state index contributed by atoms with van der Waals surface area (Å²) in [6.45, 7) is 0. The van der Waals surface area contributed by atoms with Gasteiger partial charge in [-0.1, -0.05) is 0 Å². The quantitative estimate of drug-likeness (QED) is 0.549. The lowest BCUT2D eigenvalue weighted by molar-refractivity contribution is 1.33. The molecular formula is C9H7N5. The summed E-state index contributed by atoms with van der Waals surface area (Å²) in [6.07, 6.45) is 5.04. The van der Waals surface area contributed by atoms with E-state index in [2.05, 4.69) is 19.9 Å². The maximum absolute atomic E-state index is 5.76. The highest BCUT2D eigenvalue weighted by atomic mass is 14.9. The van der Waals surface area contributed by atoms with Crippen LogP contribution in [-0.4, -0.2) is 19.9 Å². The summed E-state index contributed by atoms with van der Waals surface area (Å²) in [6, 6.07) is 1.82. The van der Waals surface area contributed by atoms with E-state index in [4.69, 9.17) is 5.73 Å². The van der Waals surface area contributed by atoms with Crippen molar-refractivity contribution in [2.45, 2.75) is 0 Å². The van der Waals surface area contributed by atoms with Gasteiger partial charge in [-0.15, -0.1) is 0 Å². The first-order valence-electron chi connectivity index (χ1n) is 4.18. The Morgan fingerprint density at radius 1 is 1.36 bits per heavy atom. The SMILES string of the molecule is Nc1nc2ccncc2c2nc[nH]c12. The Morgan fingerprint density at radius 2 is 2.29 bits per heavy atom. The summed E-state index contributed by atoms with van der Waals surface area (Å²) in [5.74, 6) is 0.469. The van der Waals surface area contributed by atoms with Gasteiger partial charge in [0.15, 0.2) is 0 Å². The van der Waals surface area contributed by atoms with Crippen molar-refractivity contribution in [3.8, 4) is 0 Å². The Kier molecular flexibility index (Phi) is 1.25. The topological polar surface area (TPSA) is 80.5 Å². The van der Waals surface area contributed by atoms with Gasteiger partial charge in [-0.05, 0) is 6.07 Å². The molecule has 0 bridgehead atoms. The normalized spacial score (nSPS) is 11.1. The fourth-order valence-corrected chi connectivity index (χ4v) is 1.55. The molecule has 0 aliphatic rings. The van der Waals surface area contributed by atoms with E-state index in [0.29, 0.717) is 5.82 Å².